The summed E-state index contributed by atoms with van der Waals surface area (Å²) in [5.41, 5.74) is 2.29. The largest absolute Gasteiger partial charge is 0.368 e. The van der Waals surface area contributed by atoms with Gasteiger partial charge in [0.15, 0.2) is 11.5 Å². The van der Waals surface area contributed by atoms with Crippen molar-refractivity contribution in [3.05, 3.63) is 58.0 Å². The van der Waals surface area contributed by atoms with Crippen LogP contribution in [0.15, 0.2) is 47.4 Å². The second kappa shape index (κ2) is 9.62. The van der Waals surface area contributed by atoms with Crippen LogP contribution in [0.1, 0.15) is 19.8 Å². The average molecular weight is 481 g/mol. The van der Waals surface area contributed by atoms with Gasteiger partial charge in [-0.05, 0) is 56.2 Å². The minimum atomic E-state index is -0.140. The molecule has 2 aliphatic heterocycles. The van der Waals surface area contributed by atoms with Gasteiger partial charge in [-0.2, -0.15) is 0 Å². The number of rotatable bonds is 4. The molecule has 0 bridgehead atoms. The number of hydrogen-bond donors (Lipinski definition) is 0. The van der Waals surface area contributed by atoms with Gasteiger partial charge in [0.25, 0.3) is 5.56 Å². The monoisotopic (exact) mass is 480 g/mol. The maximum Gasteiger partial charge on any atom is 0.295 e. The molecule has 3 aromatic rings. The van der Waals surface area contributed by atoms with E-state index in [9.17, 15) is 9.59 Å². The van der Waals surface area contributed by atoms with Gasteiger partial charge in [-0.3, -0.25) is 14.2 Å². The van der Waals surface area contributed by atoms with E-state index < -0.39 is 0 Å². The zero-order valence-corrected chi connectivity index (χ0v) is 20.1. The van der Waals surface area contributed by atoms with E-state index in [4.69, 9.17) is 11.6 Å². The molecule has 0 spiro atoms. The maximum absolute atomic E-state index is 13.4. The van der Waals surface area contributed by atoms with Crippen LogP contribution >= 0.6 is 11.6 Å². The predicted molar refractivity (Wildman–Crippen MR) is 135 cm³/mol. The predicted octanol–water partition coefficient (Wildman–Crippen LogP) is 3.03. The number of amides is 1. The standard InChI is InChI=1S/C25H29ClN6O2/c1-2-32-22-21(6-3-11-27-22)28-23(25(32)34)31-12-4-5-18(17-31)24(33)30-15-13-29(14-16-30)20-9-7-19(26)8-10-20/h3,6-11,18H,2,4-5,12-17H2,1H3. The first-order valence-electron chi connectivity index (χ1n) is 11.9. The highest BCUT2D eigenvalue weighted by atomic mass is 35.5. The number of aryl methyl sites for hydroxylation is 1. The number of piperidine rings is 1. The van der Waals surface area contributed by atoms with Gasteiger partial charge in [0.1, 0.15) is 5.52 Å². The molecule has 0 saturated carbocycles. The van der Waals surface area contributed by atoms with Crippen molar-refractivity contribution in [1.82, 2.24) is 19.4 Å². The average Bonchev–Trinajstić information content (AvgIpc) is 2.88. The third kappa shape index (κ3) is 4.34. The molecule has 0 aliphatic carbocycles. The van der Waals surface area contributed by atoms with Crippen molar-refractivity contribution in [3.63, 3.8) is 0 Å². The molecule has 2 aromatic heterocycles. The summed E-state index contributed by atoms with van der Waals surface area (Å²) >= 11 is 6.01. The Bertz CT molecular complexity index is 1240. The highest BCUT2D eigenvalue weighted by molar-refractivity contribution is 6.30. The minimum absolute atomic E-state index is 0.128. The highest BCUT2D eigenvalue weighted by Gasteiger charge is 2.32. The Labute approximate surface area is 203 Å². The molecule has 0 radical (unpaired) electrons. The number of aromatic nitrogens is 3. The lowest BCUT2D eigenvalue weighted by Gasteiger charge is -2.40. The molecule has 1 aromatic carbocycles. The lowest BCUT2D eigenvalue weighted by atomic mass is 9.96. The van der Waals surface area contributed by atoms with Gasteiger partial charge >= 0.3 is 0 Å². The summed E-state index contributed by atoms with van der Waals surface area (Å²) in [5, 5.41) is 0.724. The summed E-state index contributed by atoms with van der Waals surface area (Å²) in [6.45, 7) is 6.69. The van der Waals surface area contributed by atoms with Crippen molar-refractivity contribution in [1.29, 1.82) is 0 Å². The van der Waals surface area contributed by atoms with Gasteiger partial charge in [-0.25, -0.2) is 9.97 Å². The van der Waals surface area contributed by atoms with Crippen molar-refractivity contribution in [2.24, 2.45) is 5.92 Å². The topological polar surface area (TPSA) is 74.6 Å². The highest BCUT2D eigenvalue weighted by Crippen LogP contribution is 2.25. The van der Waals surface area contributed by atoms with Crippen LogP contribution in [-0.4, -0.2) is 64.6 Å². The molecular formula is C25H29ClN6O2. The molecule has 8 nitrogen and oxygen atoms in total. The van der Waals surface area contributed by atoms with Crippen LogP contribution in [-0.2, 0) is 11.3 Å². The Hall–Kier alpha value is -3.13. The van der Waals surface area contributed by atoms with Gasteiger partial charge in [-0.1, -0.05) is 11.6 Å². The van der Waals surface area contributed by atoms with Crippen LogP contribution in [0.4, 0.5) is 11.5 Å². The third-order valence-electron chi connectivity index (χ3n) is 6.85. The third-order valence-corrected chi connectivity index (χ3v) is 7.11. The number of pyridine rings is 1. The quantitative estimate of drug-likeness (QED) is 0.571. The lowest BCUT2D eigenvalue weighted by Crippen LogP contribution is -2.53. The number of carbonyl (C=O) groups excluding carboxylic acids is 1. The van der Waals surface area contributed by atoms with E-state index in [1.807, 2.05) is 53.1 Å². The number of benzene rings is 1. The number of piperazine rings is 1. The smallest absolute Gasteiger partial charge is 0.295 e. The van der Waals surface area contributed by atoms with Crippen LogP contribution < -0.4 is 15.4 Å². The van der Waals surface area contributed by atoms with Gasteiger partial charge < -0.3 is 14.7 Å². The fourth-order valence-corrected chi connectivity index (χ4v) is 5.15. The normalized spacial score (nSPS) is 19.0. The molecule has 9 heteroatoms. The molecule has 178 valence electrons. The second-order valence-corrected chi connectivity index (χ2v) is 9.34. The van der Waals surface area contributed by atoms with Crippen molar-refractivity contribution in [3.8, 4) is 0 Å². The van der Waals surface area contributed by atoms with E-state index in [-0.39, 0.29) is 17.4 Å². The van der Waals surface area contributed by atoms with Crippen molar-refractivity contribution >= 4 is 40.2 Å². The molecule has 4 heterocycles. The van der Waals surface area contributed by atoms with Crippen molar-refractivity contribution in [2.75, 3.05) is 49.1 Å². The molecule has 34 heavy (non-hydrogen) atoms. The Morgan fingerprint density at radius 2 is 1.82 bits per heavy atom. The zero-order chi connectivity index (χ0) is 23.7. The molecule has 2 saturated heterocycles. The number of nitrogens with zero attached hydrogens (tertiary/aromatic N) is 6. The maximum atomic E-state index is 13.4. The number of hydrogen-bond acceptors (Lipinski definition) is 6. The van der Waals surface area contributed by atoms with E-state index in [0.717, 1.165) is 43.2 Å². The lowest BCUT2D eigenvalue weighted by molar-refractivity contribution is -0.136. The van der Waals surface area contributed by atoms with E-state index >= 15 is 0 Å². The Kier molecular flexibility index (Phi) is 6.41. The molecule has 5 rings (SSSR count). The zero-order valence-electron chi connectivity index (χ0n) is 19.4. The molecule has 1 atom stereocenters. The fraction of sp³-hybridized carbons (Fsp3) is 0.440. The first-order valence-corrected chi connectivity index (χ1v) is 12.3. The number of carbonyl (C=O) groups is 1. The van der Waals surface area contributed by atoms with Gasteiger partial charge in [0.2, 0.25) is 5.91 Å². The number of anilines is 2. The van der Waals surface area contributed by atoms with Crippen molar-refractivity contribution < 1.29 is 4.79 Å². The molecule has 0 N–H and O–H groups in total. The summed E-state index contributed by atoms with van der Waals surface area (Å²) < 4.78 is 1.67. The molecule has 2 fully saturated rings. The van der Waals surface area contributed by atoms with Crippen LogP contribution in [0.3, 0.4) is 0 Å². The summed E-state index contributed by atoms with van der Waals surface area (Å²) in [6, 6.07) is 11.5. The van der Waals surface area contributed by atoms with E-state index in [2.05, 4.69) is 14.9 Å². The van der Waals surface area contributed by atoms with E-state index in [0.29, 0.717) is 43.2 Å². The van der Waals surface area contributed by atoms with Gasteiger partial charge in [0, 0.05) is 62.7 Å². The Balaban J connectivity index is 1.29. The van der Waals surface area contributed by atoms with Crippen LogP contribution in [0.5, 0.6) is 0 Å². The molecular weight excluding hydrogens is 452 g/mol. The minimum Gasteiger partial charge on any atom is -0.368 e. The Morgan fingerprint density at radius 1 is 1.06 bits per heavy atom. The van der Waals surface area contributed by atoms with Gasteiger partial charge in [-0.15, -0.1) is 0 Å². The summed E-state index contributed by atoms with van der Waals surface area (Å²) in [7, 11) is 0. The first-order chi connectivity index (χ1) is 16.5. The summed E-state index contributed by atoms with van der Waals surface area (Å²) in [6.07, 6.45) is 3.38. The second-order valence-electron chi connectivity index (χ2n) is 8.90. The summed E-state index contributed by atoms with van der Waals surface area (Å²) in [4.78, 5) is 41.8. The van der Waals surface area contributed by atoms with Crippen LogP contribution in [0, 0.1) is 5.92 Å². The van der Waals surface area contributed by atoms with Gasteiger partial charge in [0.05, 0.1) is 5.92 Å². The SMILES string of the molecule is CCn1c(=O)c(N2CCCC(C(=O)N3CCN(c4ccc(Cl)cc4)CC3)C2)nc2cccnc21. The number of fused-ring (bicyclic) bond motifs is 1. The molecule has 1 unspecified atom stereocenters. The molecule has 1 amide bonds. The molecule has 2 aliphatic rings. The Morgan fingerprint density at radius 3 is 2.56 bits per heavy atom. The van der Waals surface area contributed by atoms with Crippen LogP contribution in [0.25, 0.3) is 11.2 Å². The summed E-state index contributed by atoms with van der Waals surface area (Å²) in [5.74, 6) is 0.475. The van der Waals surface area contributed by atoms with Crippen LogP contribution in [0.2, 0.25) is 5.02 Å². The fourth-order valence-electron chi connectivity index (χ4n) is 5.03. The van der Waals surface area contributed by atoms with Crippen molar-refractivity contribution in [2.45, 2.75) is 26.3 Å². The van der Waals surface area contributed by atoms with E-state index in [1.54, 1.807) is 10.8 Å². The number of halogens is 1. The first kappa shape index (κ1) is 22.7. The van der Waals surface area contributed by atoms with E-state index in [1.165, 1.54) is 0 Å².